The molecule has 0 aliphatic rings. The number of hydrogen-bond acceptors (Lipinski definition) is 6. The number of nitrogens with two attached hydrogens (primary N) is 3. The maximum Gasteiger partial charge on any atom is 0.248 e. The molecular weight excluding hydrogens is 424 g/mol. The number of amides is 1. The Hall–Kier alpha value is -3.14. The zero-order valence-electron chi connectivity index (χ0n) is 22.1. The lowest BCUT2D eigenvalue weighted by molar-refractivity contribution is 0.0999. The van der Waals surface area contributed by atoms with Gasteiger partial charge >= 0.3 is 0 Å². The molecule has 0 saturated heterocycles. The molecule has 184 valence electrons. The summed E-state index contributed by atoms with van der Waals surface area (Å²) in [5.41, 5.74) is 21.7. The molecule has 1 aromatic carbocycles. The summed E-state index contributed by atoms with van der Waals surface area (Å²) in [5, 5.41) is 9.80. The number of benzene rings is 1. The van der Waals surface area contributed by atoms with Gasteiger partial charge in [-0.1, -0.05) is 62.3 Å². The Balaban J connectivity index is 2.45. The first-order valence-corrected chi connectivity index (χ1v) is 11.7. The van der Waals surface area contributed by atoms with Gasteiger partial charge in [0.05, 0.1) is 11.4 Å². The SMILES string of the molecule is CC(C)c1cc(N)c(C(C)(C)CCC(C)(C)c2nc(N)c(C(C)(C)C)nc2C#N)cc1C(N)=O. The molecule has 0 radical (unpaired) electrons. The van der Waals surface area contributed by atoms with E-state index in [-0.39, 0.29) is 16.7 Å². The lowest BCUT2D eigenvalue weighted by atomic mass is 9.72. The molecule has 0 fully saturated rings. The van der Waals surface area contributed by atoms with E-state index in [0.717, 1.165) is 17.5 Å². The third kappa shape index (κ3) is 5.49. The monoisotopic (exact) mass is 464 g/mol. The fourth-order valence-corrected chi connectivity index (χ4v) is 4.34. The summed E-state index contributed by atoms with van der Waals surface area (Å²) >= 11 is 0. The van der Waals surface area contributed by atoms with Crippen LogP contribution in [0.5, 0.6) is 0 Å². The van der Waals surface area contributed by atoms with Crippen LogP contribution in [0, 0.1) is 11.3 Å². The predicted molar refractivity (Wildman–Crippen MR) is 139 cm³/mol. The van der Waals surface area contributed by atoms with Gasteiger partial charge in [-0.2, -0.15) is 5.26 Å². The van der Waals surface area contributed by atoms with Crippen LogP contribution in [0.25, 0.3) is 0 Å². The molecule has 1 heterocycles. The number of carbonyl (C=O) groups is 1. The highest BCUT2D eigenvalue weighted by atomic mass is 16.1. The van der Waals surface area contributed by atoms with E-state index in [2.05, 4.69) is 29.9 Å². The maximum absolute atomic E-state index is 12.1. The topological polar surface area (TPSA) is 145 Å². The van der Waals surface area contributed by atoms with E-state index in [1.807, 2.05) is 60.6 Å². The Morgan fingerprint density at radius 1 is 0.971 bits per heavy atom. The van der Waals surface area contributed by atoms with Crippen molar-refractivity contribution in [2.24, 2.45) is 5.73 Å². The Labute approximate surface area is 204 Å². The number of nitrogens with zero attached hydrogens (tertiary/aromatic N) is 3. The normalized spacial score (nSPS) is 12.6. The van der Waals surface area contributed by atoms with Crippen LogP contribution < -0.4 is 17.2 Å². The zero-order valence-corrected chi connectivity index (χ0v) is 22.1. The number of hydrogen-bond donors (Lipinski definition) is 3. The smallest absolute Gasteiger partial charge is 0.248 e. The summed E-state index contributed by atoms with van der Waals surface area (Å²) in [5.74, 6) is 0.0308. The van der Waals surface area contributed by atoms with Gasteiger partial charge in [-0.15, -0.1) is 0 Å². The quantitative estimate of drug-likeness (QED) is 0.488. The molecule has 34 heavy (non-hydrogen) atoms. The second kappa shape index (κ2) is 9.25. The van der Waals surface area contributed by atoms with Crippen molar-refractivity contribution in [3.8, 4) is 6.07 Å². The standard InChI is InChI=1S/C27H40N6O/c1-15(2)16-13-19(29)18(12-17(16)24(31)34)26(6,7)10-11-27(8,9)21-20(14-28)32-22(23(30)33-21)25(3,4)5/h12-13,15H,10-11,29H2,1-9H3,(H2,30,33)(H2,31,34). The van der Waals surface area contributed by atoms with Crippen LogP contribution in [0.2, 0.25) is 0 Å². The van der Waals surface area contributed by atoms with Gasteiger partial charge in [0, 0.05) is 22.1 Å². The van der Waals surface area contributed by atoms with Gasteiger partial charge < -0.3 is 17.2 Å². The third-order valence-corrected chi connectivity index (χ3v) is 6.59. The van der Waals surface area contributed by atoms with E-state index in [1.54, 1.807) is 0 Å². The van der Waals surface area contributed by atoms with Gasteiger partial charge in [0.15, 0.2) is 5.69 Å². The molecule has 0 spiro atoms. The largest absolute Gasteiger partial charge is 0.398 e. The summed E-state index contributed by atoms with van der Waals surface area (Å²) in [6, 6.07) is 5.93. The number of nitrogen functional groups attached to an aromatic ring is 2. The summed E-state index contributed by atoms with van der Waals surface area (Å²) in [6.45, 7) is 18.3. The molecule has 1 amide bonds. The van der Waals surface area contributed by atoms with Crippen molar-refractivity contribution < 1.29 is 4.79 Å². The minimum atomic E-state index is -0.459. The van der Waals surface area contributed by atoms with Crippen molar-refractivity contribution >= 4 is 17.4 Å². The van der Waals surface area contributed by atoms with Crippen LogP contribution in [0.1, 0.15) is 120 Å². The molecule has 2 rings (SSSR count). The summed E-state index contributed by atoms with van der Waals surface area (Å²) in [4.78, 5) is 21.4. The fourth-order valence-electron chi connectivity index (χ4n) is 4.34. The van der Waals surface area contributed by atoms with Gasteiger partial charge in [0.1, 0.15) is 11.9 Å². The van der Waals surface area contributed by atoms with E-state index in [0.29, 0.717) is 40.6 Å². The average Bonchev–Trinajstić information content (AvgIpc) is 2.70. The Morgan fingerprint density at radius 2 is 1.53 bits per heavy atom. The van der Waals surface area contributed by atoms with Gasteiger partial charge in [0.25, 0.3) is 0 Å². The number of anilines is 2. The molecule has 0 aliphatic carbocycles. The van der Waals surface area contributed by atoms with Gasteiger partial charge in [0.2, 0.25) is 5.91 Å². The summed E-state index contributed by atoms with van der Waals surface area (Å²) in [6.07, 6.45) is 1.44. The molecule has 0 atom stereocenters. The van der Waals surface area contributed by atoms with E-state index >= 15 is 0 Å². The Bertz CT molecular complexity index is 1130. The Morgan fingerprint density at radius 3 is 2.00 bits per heavy atom. The number of nitriles is 1. The fraction of sp³-hybridized carbons (Fsp3) is 0.556. The second-order valence-electron chi connectivity index (χ2n) is 11.8. The maximum atomic E-state index is 12.1. The number of carbonyl (C=O) groups excluding carboxylic acids is 1. The molecular formula is C27H40N6O. The molecule has 0 bridgehead atoms. The minimum Gasteiger partial charge on any atom is -0.398 e. The minimum absolute atomic E-state index is 0.130. The highest BCUT2D eigenvalue weighted by molar-refractivity contribution is 5.95. The van der Waals surface area contributed by atoms with Crippen molar-refractivity contribution in [1.82, 2.24) is 9.97 Å². The second-order valence-corrected chi connectivity index (χ2v) is 11.8. The molecule has 6 N–H and O–H groups in total. The first-order valence-electron chi connectivity index (χ1n) is 11.7. The van der Waals surface area contributed by atoms with Crippen molar-refractivity contribution in [2.45, 2.75) is 97.3 Å². The van der Waals surface area contributed by atoms with Gasteiger partial charge in [-0.05, 0) is 47.4 Å². The summed E-state index contributed by atoms with van der Waals surface area (Å²) < 4.78 is 0. The molecule has 0 unspecified atom stereocenters. The van der Waals surface area contributed by atoms with Crippen molar-refractivity contribution in [1.29, 1.82) is 5.26 Å². The lowest BCUT2D eigenvalue weighted by Gasteiger charge is -2.33. The number of primary amides is 1. The average molecular weight is 465 g/mol. The molecule has 1 aromatic heterocycles. The summed E-state index contributed by atoms with van der Waals surface area (Å²) in [7, 11) is 0. The highest BCUT2D eigenvalue weighted by Gasteiger charge is 2.34. The molecule has 0 saturated carbocycles. The molecule has 0 aliphatic heterocycles. The van der Waals surface area contributed by atoms with E-state index in [4.69, 9.17) is 17.2 Å². The third-order valence-electron chi connectivity index (χ3n) is 6.59. The van der Waals surface area contributed by atoms with Crippen LogP contribution in [0.15, 0.2) is 12.1 Å². The molecule has 7 nitrogen and oxygen atoms in total. The van der Waals surface area contributed by atoms with Crippen LogP contribution in [0.3, 0.4) is 0 Å². The van der Waals surface area contributed by atoms with Gasteiger partial charge in [-0.3, -0.25) is 4.79 Å². The number of rotatable bonds is 7. The van der Waals surface area contributed by atoms with Crippen LogP contribution in [-0.2, 0) is 16.2 Å². The molecule has 2 aromatic rings. The first kappa shape index (κ1) is 27.1. The molecule has 7 heteroatoms. The number of aromatic nitrogens is 2. The highest BCUT2D eigenvalue weighted by Crippen LogP contribution is 2.40. The van der Waals surface area contributed by atoms with E-state index in [9.17, 15) is 10.1 Å². The van der Waals surface area contributed by atoms with Gasteiger partial charge in [-0.25, -0.2) is 9.97 Å². The van der Waals surface area contributed by atoms with E-state index in [1.165, 1.54) is 0 Å². The van der Waals surface area contributed by atoms with Crippen molar-refractivity contribution in [3.05, 3.63) is 45.9 Å². The van der Waals surface area contributed by atoms with Crippen LogP contribution in [0.4, 0.5) is 11.5 Å². The van der Waals surface area contributed by atoms with Crippen LogP contribution in [-0.4, -0.2) is 15.9 Å². The van der Waals surface area contributed by atoms with Crippen molar-refractivity contribution in [3.63, 3.8) is 0 Å². The van der Waals surface area contributed by atoms with Crippen molar-refractivity contribution in [2.75, 3.05) is 11.5 Å². The Kier molecular flexibility index (Phi) is 7.37. The predicted octanol–water partition coefficient (Wildman–Crippen LogP) is 5.07. The zero-order chi connectivity index (χ0) is 26.2. The van der Waals surface area contributed by atoms with E-state index < -0.39 is 11.3 Å². The van der Waals surface area contributed by atoms with Crippen LogP contribution >= 0.6 is 0 Å². The lowest BCUT2D eigenvalue weighted by Crippen LogP contribution is -2.29. The first-order chi connectivity index (χ1) is 15.4.